The predicted octanol–water partition coefficient (Wildman–Crippen LogP) is 2.36. The van der Waals surface area contributed by atoms with E-state index in [1.165, 1.54) is 22.5 Å². The normalized spacial score (nSPS) is 12.1. The molecule has 1 aromatic rings. The number of hydrogen-bond acceptors (Lipinski definition) is 3. The van der Waals surface area contributed by atoms with Gasteiger partial charge in [0.2, 0.25) is 10.0 Å². The summed E-state index contributed by atoms with van der Waals surface area (Å²) < 4.78 is 40.2. The molecule has 1 aromatic carbocycles. The molecule has 0 bridgehead atoms. The van der Waals surface area contributed by atoms with Gasteiger partial charge in [-0.2, -0.15) is 4.31 Å². The van der Waals surface area contributed by atoms with Crippen molar-refractivity contribution in [1.82, 2.24) is 9.62 Å². The average Bonchev–Trinajstić information content (AvgIpc) is 2.41. The Morgan fingerprint density at radius 3 is 2.30 bits per heavy atom. The quantitative estimate of drug-likeness (QED) is 0.802. The van der Waals surface area contributed by atoms with Gasteiger partial charge in [-0.15, -0.1) is 0 Å². The van der Waals surface area contributed by atoms with Crippen molar-refractivity contribution >= 4 is 10.0 Å². The number of nitrogens with one attached hydrogen (secondary N) is 1. The number of nitrogens with zero attached hydrogens (tertiary/aromatic N) is 1. The molecule has 0 saturated heterocycles. The number of halogens is 1. The van der Waals surface area contributed by atoms with Gasteiger partial charge in [0.15, 0.2) is 0 Å². The fourth-order valence-electron chi connectivity index (χ4n) is 2.04. The van der Waals surface area contributed by atoms with Gasteiger partial charge in [0.25, 0.3) is 0 Å². The molecule has 0 spiro atoms. The molecule has 0 aliphatic rings. The lowest BCUT2D eigenvalue weighted by Gasteiger charge is -2.21. The fourth-order valence-corrected chi connectivity index (χ4v) is 3.71. The van der Waals surface area contributed by atoms with E-state index in [1.54, 1.807) is 7.05 Å². The van der Waals surface area contributed by atoms with Gasteiger partial charge in [-0.25, -0.2) is 12.8 Å². The first-order chi connectivity index (χ1) is 9.47. The van der Waals surface area contributed by atoms with E-state index in [-0.39, 0.29) is 4.90 Å². The first kappa shape index (κ1) is 17.1. The van der Waals surface area contributed by atoms with Gasteiger partial charge in [0.1, 0.15) is 5.82 Å². The monoisotopic (exact) mass is 302 g/mol. The average molecular weight is 302 g/mol. The molecular weight excluding hydrogens is 279 g/mol. The Labute approximate surface area is 121 Å². The molecule has 0 radical (unpaired) electrons. The Bertz CT molecular complexity index is 526. The maximum absolute atomic E-state index is 13.6. The summed E-state index contributed by atoms with van der Waals surface area (Å²) in [6, 6.07) is 3.97. The van der Waals surface area contributed by atoms with Gasteiger partial charge >= 0.3 is 0 Å². The number of hydrogen-bond donors (Lipinski definition) is 1. The highest BCUT2D eigenvalue weighted by Gasteiger charge is 2.23. The van der Waals surface area contributed by atoms with Crippen molar-refractivity contribution in [2.45, 2.75) is 38.1 Å². The third-order valence-corrected chi connectivity index (χ3v) is 4.86. The molecule has 0 aliphatic carbocycles. The van der Waals surface area contributed by atoms with Crippen LogP contribution in [0, 0.1) is 5.82 Å². The molecule has 0 aliphatic heterocycles. The van der Waals surface area contributed by atoms with Crippen LogP contribution in [0.2, 0.25) is 0 Å². The fraction of sp³-hybridized carbons (Fsp3) is 0.571. The summed E-state index contributed by atoms with van der Waals surface area (Å²) in [5.74, 6) is -0.393. The summed E-state index contributed by atoms with van der Waals surface area (Å²) in [4.78, 5) is 0.158. The van der Waals surface area contributed by atoms with Gasteiger partial charge in [-0.3, -0.25) is 0 Å². The summed E-state index contributed by atoms with van der Waals surface area (Å²) in [5, 5.41) is 2.83. The van der Waals surface area contributed by atoms with Gasteiger partial charge in [-0.1, -0.05) is 13.8 Å². The zero-order chi connectivity index (χ0) is 15.2. The molecule has 0 fully saturated rings. The summed E-state index contributed by atoms with van der Waals surface area (Å²) in [6.45, 7) is 5.14. The molecular formula is C14H23FN2O2S. The molecule has 0 heterocycles. The first-order valence-corrected chi connectivity index (χ1v) is 8.34. The Morgan fingerprint density at radius 1 is 1.20 bits per heavy atom. The van der Waals surface area contributed by atoms with E-state index in [1.807, 2.05) is 13.8 Å². The molecule has 0 aromatic heterocycles. The van der Waals surface area contributed by atoms with Crippen molar-refractivity contribution in [3.8, 4) is 0 Å². The van der Waals surface area contributed by atoms with Crippen LogP contribution < -0.4 is 5.32 Å². The lowest BCUT2D eigenvalue weighted by molar-refractivity contribution is 0.409. The molecule has 20 heavy (non-hydrogen) atoms. The minimum Gasteiger partial charge on any atom is -0.316 e. The SMILES string of the molecule is CCCN(CCC)S(=O)(=O)c1ccc(F)c(CNC)c1. The minimum absolute atomic E-state index is 0.158. The predicted molar refractivity (Wildman–Crippen MR) is 78.5 cm³/mol. The Morgan fingerprint density at radius 2 is 1.80 bits per heavy atom. The molecule has 0 amide bonds. The highest BCUT2D eigenvalue weighted by molar-refractivity contribution is 7.89. The molecule has 1 N–H and O–H groups in total. The maximum Gasteiger partial charge on any atom is 0.243 e. The highest BCUT2D eigenvalue weighted by atomic mass is 32.2. The van der Waals surface area contributed by atoms with E-state index in [9.17, 15) is 12.8 Å². The molecule has 0 saturated carbocycles. The van der Waals surface area contributed by atoms with Crippen LogP contribution in [0.3, 0.4) is 0 Å². The van der Waals surface area contributed by atoms with Crippen molar-refractivity contribution in [3.63, 3.8) is 0 Å². The summed E-state index contributed by atoms with van der Waals surface area (Å²) in [7, 11) is -1.85. The largest absolute Gasteiger partial charge is 0.316 e. The van der Waals surface area contributed by atoms with Gasteiger partial charge < -0.3 is 5.32 Å². The molecule has 4 nitrogen and oxygen atoms in total. The molecule has 0 unspecified atom stereocenters. The molecule has 6 heteroatoms. The van der Waals surface area contributed by atoms with Crippen molar-refractivity contribution in [2.24, 2.45) is 0 Å². The Hall–Kier alpha value is -0.980. The van der Waals surface area contributed by atoms with Crippen molar-refractivity contribution in [3.05, 3.63) is 29.6 Å². The molecule has 114 valence electrons. The second kappa shape index (κ2) is 7.71. The topological polar surface area (TPSA) is 49.4 Å². The van der Waals surface area contributed by atoms with E-state index in [2.05, 4.69) is 5.32 Å². The number of sulfonamides is 1. The lowest BCUT2D eigenvalue weighted by Crippen LogP contribution is -2.32. The van der Waals surface area contributed by atoms with Crippen LogP contribution in [0.4, 0.5) is 4.39 Å². The van der Waals surface area contributed by atoms with E-state index >= 15 is 0 Å². The summed E-state index contributed by atoms with van der Waals surface area (Å²) in [6.07, 6.45) is 1.51. The van der Waals surface area contributed by atoms with E-state index in [4.69, 9.17) is 0 Å². The summed E-state index contributed by atoms with van der Waals surface area (Å²) >= 11 is 0. The molecule has 0 atom stereocenters. The van der Waals surface area contributed by atoms with Crippen molar-refractivity contribution in [2.75, 3.05) is 20.1 Å². The van der Waals surface area contributed by atoms with E-state index in [0.717, 1.165) is 12.8 Å². The summed E-state index contributed by atoms with van der Waals surface area (Å²) in [5.41, 5.74) is 0.363. The second-order valence-electron chi connectivity index (χ2n) is 4.69. The Kier molecular flexibility index (Phi) is 6.58. The van der Waals surface area contributed by atoms with Crippen LogP contribution in [0.15, 0.2) is 23.1 Å². The van der Waals surface area contributed by atoms with Crippen LogP contribution in [0.1, 0.15) is 32.3 Å². The number of rotatable bonds is 8. The van der Waals surface area contributed by atoms with Crippen LogP contribution in [-0.4, -0.2) is 32.9 Å². The molecule has 1 rings (SSSR count). The van der Waals surface area contributed by atoms with E-state index < -0.39 is 15.8 Å². The van der Waals surface area contributed by atoms with Gasteiger partial charge in [0.05, 0.1) is 4.90 Å². The van der Waals surface area contributed by atoms with E-state index in [0.29, 0.717) is 25.2 Å². The third kappa shape index (κ3) is 4.01. The van der Waals surface area contributed by atoms with Crippen LogP contribution in [0.5, 0.6) is 0 Å². The maximum atomic E-state index is 13.6. The van der Waals surface area contributed by atoms with Crippen LogP contribution in [0.25, 0.3) is 0 Å². The highest BCUT2D eigenvalue weighted by Crippen LogP contribution is 2.20. The third-order valence-electron chi connectivity index (χ3n) is 2.97. The zero-order valence-corrected chi connectivity index (χ0v) is 13.1. The zero-order valence-electron chi connectivity index (χ0n) is 12.3. The second-order valence-corrected chi connectivity index (χ2v) is 6.63. The lowest BCUT2D eigenvalue weighted by atomic mass is 10.2. The van der Waals surface area contributed by atoms with Crippen LogP contribution >= 0.6 is 0 Å². The van der Waals surface area contributed by atoms with Crippen molar-refractivity contribution < 1.29 is 12.8 Å². The standard InChI is InChI=1S/C14H23FN2O2S/c1-4-8-17(9-5-2)20(18,19)13-6-7-14(15)12(10-13)11-16-3/h6-7,10,16H,4-5,8-9,11H2,1-3H3. The number of benzene rings is 1. The van der Waals surface area contributed by atoms with Gasteiger partial charge in [-0.05, 0) is 38.1 Å². The van der Waals surface area contributed by atoms with Crippen molar-refractivity contribution in [1.29, 1.82) is 0 Å². The minimum atomic E-state index is -3.54. The smallest absolute Gasteiger partial charge is 0.243 e. The first-order valence-electron chi connectivity index (χ1n) is 6.90. The van der Waals surface area contributed by atoms with Crippen LogP contribution in [-0.2, 0) is 16.6 Å². The Balaban J connectivity index is 3.16. The van der Waals surface area contributed by atoms with Gasteiger partial charge in [0, 0.05) is 25.2 Å².